The zero-order valence-corrected chi connectivity index (χ0v) is 12.1. The van der Waals surface area contributed by atoms with Crippen molar-refractivity contribution in [3.05, 3.63) is 58.6 Å². The van der Waals surface area contributed by atoms with E-state index in [0.717, 1.165) is 5.52 Å². The van der Waals surface area contributed by atoms with E-state index in [1.165, 1.54) is 28.9 Å². The molecule has 0 saturated heterocycles. The van der Waals surface area contributed by atoms with Gasteiger partial charge in [0.15, 0.2) is 0 Å². The number of nitro benzene ring substituents is 1. The topological polar surface area (TPSA) is 100 Å². The third-order valence-electron chi connectivity index (χ3n) is 3.35. The highest BCUT2D eigenvalue weighted by Gasteiger charge is 2.21. The number of aromatic nitrogens is 3. The van der Waals surface area contributed by atoms with E-state index >= 15 is 0 Å². The number of esters is 1. The minimum absolute atomic E-state index is 0.0693. The smallest absolute Gasteiger partial charge is 0.336 e. The monoisotopic (exact) mass is 312 g/mol. The Morgan fingerprint density at radius 2 is 1.91 bits per heavy atom. The average molecular weight is 312 g/mol. The first-order valence-electron chi connectivity index (χ1n) is 6.82. The number of para-hydroxylation sites is 1. The highest BCUT2D eigenvalue weighted by molar-refractivity contribution is 5.80. The number of benzene rings is 2. The standard InChI is InChI=1S/C15H12N4O4/c1-10(18-14-5-3-2-4-13(14)16-17-18)15(20)23-12-8-6-11(7-9-12)19(21)22/h2-10H,1H3. The molecule has 8 heteroatoms. The fraction of sp³-hybridized carbons (Fsp3) is 0.133. The molecule has 0 radical (unpaired) electrons. The van der Waals surface area contributed by atoms with Gasteiger partial charge in [-0.05, 0) is 31.2 Å². The van der Waals surface area contributed by atoms with Crippen molar-refractivity contribution in [3.8, 4) is 5.75 Å². The van der Waals surface area contributed by atoms with E-state index in [-0.39, 0.29) is 11.4 Å². The van der Waals surface area contributed by atoms with Crippen LogP contribution < -0.4 is 4.74 Å². The Balaban J connectivity index is 1.78. The molecule has 0 bridgehead atoms. The second-order valence-electron chi connectivity index (χ2n) is 4.87. The van der Waals surface area contributed by atoms with E-state index in [4.69, 9.17) is 4.74 Å². The van der Waals surface area contributed by atoms with Crippen LogP contribution in [-0.2, 0) is 4.79 Å². The van der Waals surface area contributed by atoms with Gasteiger partial charge in [0.25, 0.3) is 5.69 Å². The van der Waals surface area contributed by atoms with E-state index in [2.05, 4.69) is 10.3 Å². The van der Waals surface area contributed by atoms with Gasteiger partial charge in [0, 0.05) is 12.1 Å². The van der Waals surface area contributed by atoms with Crippen molar-refractivity contribution in [2.45, 2.75) is 13.0 Å². The lowest BCUT2D eigenvalue weighted by atomic mass is 10.3. The van der Waals surface area contributed by atoms with Gasteiger partial charge in [-0.25, -0.2) is 9.48 Å². The van der Waals surface area contributed by atoms with Crippen LogP contribution >= 0.6 is 0 Å². The Morgan fingerprint density at radius 1 is 1.22 bits per heavy atom. The first-order chi connectivity index (χ1) is 11.1. The van der Waals surface area contributed by atoms with Crippen molar-refractivity contribution >= 4 is 22.7 Å². The van der Waals surface area contributed by atoms with Crippen molar-refractivity contribution in [2.75, 3.05) is 0 Å². The number of ether oxygens (including phenoxy) is 1. The molecule has 2 aromatic carbocycles. The molecule has 0 aliphatic rings. The molecule has 0 N–H and O–H groups in total. The SMILES string of the molecule is CC(C(=O)Oc1ccc([N+](=O)[O-])cc1)n1nnc2ccccc21. The van der Waals surface area contributed by atoms with Gasteiger partial charge in [0.05, 0.1) is 10.4 Å². The molecule has 0 saturated carbocycles. The van der Waals surface area contributed by atoms with Crippen molar-refractivity contribution in [3.63, 3.8) is 0 Å². The number of fused-ring (bicyclic) bond motifs is 1. The van der Waals surface area contributed by atoms with Crippen LogP contribution in [0, 0.1) is 10.1 Å². The largest absolute Gasteiger partial charge is 0.425 e. The summed E-state index contributed by atoms with van der Waals surface area (Å²) in [6.45, 7) is 1.65. The van der Waals surface area contributed by atoms with Crippen molar-refractivity contribution in [2.24, 2.45) is 0 Å². The van der Waals surface area contributed by atoms with Crippen molar-refractivity contribution in [1.29, 1.82) is 0 Å². The number of carbonyl (C=O) groups excluding carboxylic acids is 1. The molecule has 3 aromatic rings. The molecule has 1 atom stereocenters. The Morgan fingerprint density at radius 3 is 2.61 bits per heavy atom. The Kier molecular flexibility index (Phi) is 3.71. The molecule has 0 spiro atoms. The summed E-state index contributed by atoms with van der Waals surface area (Å²) >= 11 is 0. The summed E-state index contributed by atoms with van der Waals surface area (Å²) in [5, 5.41) is 18.6. The molecule has 0 amide bonds. The number of hydrogen-bond acceptors (Lipinski definition) is 6. The summed E-state index contributed by atoms with van der Waals surface area (Å²) < 4.78 is 6.71. The molecule has 0 aliphatic heterocycles. The van der Waals surface area contributed by atoms with Gasteiger partial charge >= 0.3 is 5.97 Å². The van der Waals surface area contributed by atoms with Gasteiger partial charge in [0.1, 0.15) is 17.3 Å². The van der Waals surface area contributed by atoms with Crippen LogP contribution in [0.1, 0.15) is 13.0 Å². The predicted molar refractivity (Wildman–Crippen MR) is 81.0 cm³/mol. The van der Waals surface area contributed by atoms with E-state index < -0.39 is 16.9 Å². The van der Waals surface area contributed by atoms with Gasteiger partial charge < -0.3 is 4.74 Å². The first-order valence-corrected chi connectivity index (χ1v) is 6.82. The fourth-order valence-electron chi connectivity index (χ4n) is 2.11. The minimum Gasteiger partial charge on any atom is -0.425 e. The van der Waals surface area contributed by atoms with Gasteiger partial charge in [-0.1, -0.05) is 17.3 Å². The molecule has 23 heavy (non-hydrogen) atoms. The van der Waals surface area contributed by atoms with E-state index in [1.807, 2.05) is 18.2 Å². The molecule has 0 fully saturated rings. The molecule has 116 valence electrons. The highest BCUT2D eigenvalue weighted by Crippen LogP contribution is 2.20. The minimum atomic E-state index is -0.683. The van der Waals surface area contributed by atoms with Crippen LogP contribution in [0.3, 0.4) is 0 Å². The second kappa shape index (κ2) is 5.84. The third kappa shape index (κ3) is 2.86. The maximum Gasteiger partial charge on any atom is 0.336 e. The normalized spacial score (nSPS) is 12.0. The summed E-state index contributed by atoms with van der Waals surface area (Å²) in [4.78, 5) is 22.3. The van der Waals surface area contributed by atoms with E-state index in [9.17, 15) is 14.9 Å². The molecular formula is C15H12N4O4. The fourth-order valence-corrected chi connectivity index (χ4v) is 2.11. The van der Waals surface area contributed by atoms with Crippen LogP contribution in [0.4, 0.5) is 5.69 Å². The molecule has 1 aromatic heterocycles. The second-order valence-corrected chi connectivity index (χ2v) is 4.87. The summed E-state index contributed by atoms with van der Waals surface area (Å²) in [6, 6.07) is 11.9. The van der Waals surface area contributed by atoms with E-state index in [0.29, 0.717) is 5.52 Å². The van der Waals surface area contributed by atoms with Crippen LogP contribution in [0.15, 0.2) is 48.5 Å². The summed E-state index contributed by atoms with van der Waals surface area (Å²) in [6.07, 6.45) is 0. The maximum absolute atomic E-state index is 12.2. The number of nitrogens with zero attached hydrogens (tertiary/aromatic N) is 4. The lowest BCUT2D eigenvalue weighted by Crippen LogP contribution is -2.22. The molecule has 3 rings (SSSR count). The Labute approximate surface area is 130 Å². The predicted octanol–water partition coefficient (Wildman–Crippen LogP) is 2.51. The van der Waals surface area contributed by atoms with E-state index in [1.54, 1.807) is 13.0 Å². The number of carbonyl (C=O) groups is 1. The van der Waals surface area contributed by atoms with Crippen LogP contribution in [-0.4, -0.2) is 25.9 Å². The average Bonchev–Trinajstić information content (AvgIpc) is 2.98. The zero-order chi connectivity index (χ0) is 16.4. The molecular weight excluding hydrogens is 300 g/mol. The number of rotatable bonds is 4. The van der Waals surface area contributed by atoms with Crippen LogP contribution in [0.5, 0.6) is 5.75 Å². The zero-order valence-electron chi connectivity index (χ0n) is 12.1. The van der Waals surface area contributed by atoms with Crippen LogP contribution in [0.2, 0.25) is 0 Å². The third-order valence-corrected chi connectivity index (χ3v) is 3.35. The number of nitro groups is 1. The molecule has 1 heterocycles. The number of hydrogen-bond donors (Lipinski definition) is 0. The van der Waals surface area contributed by atoms with Crippen molar-refractivity contribution in [1.82, 2.24) is 15.0 Å². The maximum atomic E-state index is 12.2. The van der Waals surface area contributed by atoms with Gasteiger partial charge in [-0.2, -0.15) is 0 Å². The van der Waals surface area contributed by atoms with Crippen molar-refractivity contribution < 1.29 is 14.5 Å². The first kappa shape index (κ1) is 14.6. The van der Waals surface area contributed by atoms with Gasteiger partial charge in [0.2, 0.25) is 0 Å². The lowest BCUT2D eigenvalue weighted by molar-refractivity contribution is -0.384. The lowest BCUT2D eigenvalue weighted by Gasteiger charge is -2.11. The quantitative estimate of drug-likeness (QED) is 0.317. The Bertz CT molecular complexity index is 873. The molecule has 0 aliphatic carbocycles. The van der Waals surface area contributed by atoms with Gasteiger partial charge in [-0.3, -0.25) is 10.1 Å². The summed E-state index contributed by atoms with van der Waals surface area (Å²) in [5.41, 5.74) is 1.34. The summed E-state index contributed by atoms with van der Waals surface area (Å²) in [5.74, 6) is -0.300. The van der Waals surface area contributed by atoms with Gasteiger partial charge in [-0.15, -0.1) is 5.10 Å². The highest BCUT2D eigenvalue weighted by atomic mass is 16.6. The Hall–Kier alpha value is -3.29. The molecule has 8 nitrogen and oxygen atoms in total. The summed E-state index contributed by atoms with van der Waals surface area (Å²) in [7, 11) is 0. The number of non-ortho nitro benzene ring substituents is 1. The molecule has 1 unspecified atom stereocenters. The van der Waals surface area contributed by atoms with Crippen LogP contribution in [0.25, 0.3) is 11.0 Å².